The second-order valence-corrected chi connectivity index (χ2v) is 4.10. The van der Waals surface area contributed by atoms with Crippen molar-refractivity contribution >= 4 is 15.9 Å². The Bertz CT molecular complexity index is 452. The van der Waals surface area contributed by atoms with Crippen LogP contribution in [0.4, 0.5) is 13.2 Å². The topological polar surface area (TPSA) is 24.6 Å². The van der Waals surface area contributed by atoms with E-state index < -0.39 is 17.5 Å². The van der Waals surface area contributed by atoms with E-state index in [0.29, 0.717) is 4.47 Å². The SMILES string of the molecule is [C-]#[N+]C(O)(c1ccc(C)c(Br)c1)C(F)(F)F. The van der Waals surface area contributed by atoms with E-state index in [-0.39, 0.29) is 0 Å². The summed E-state index contributed by atoms with van der Waals surface area (Å²) in [7, 11) is 0. The number of hydrogen-bond acceptors (Lipinski definition) is 1. The second kappa shape index (κ2) is 4.07. The Balaban J connectivity index is 3.36. The summed E-state index contributed by atoms with van der Waals surface area (Å²) in [5.74, 6) is 0. The average Bonchev–Trinajstić information content (AvgIpc) is 2.19. The van der Waals surface area contributed by atoms with Crippen LogP contribution >= 0.6 is 15.9 Å². The van der Waals surface area contributed by atoms with Crippen molar-refractivity contribution < 1.29 is 18.3 Å². The molecule has 1 rings (SSSR count). The first-order valence-electron chi connectivity index (χ1n) is 4.16. The normalized spacial score (nSPS) is 15.3. The van der Waals surface area contributed by atoms with Crippen molar-refractivity contribution in [3.8, 4) is 0 Å². The lowest BCUT2D eigenvalue weighted by Gasteiger charge is -2.19. The highest BCUT2D eigenvalue weighted by Crippen LogP contribution is 2.41. The molecule has 0 saturated heterocycles. The minimum atomic E-state index is -5.02. The fraction of sp³-hybridized carbons (Fsp3) is 0.300. The first-order chi connectivity index (χ1) is 7.22. The molecule has 1 unspecified atom stereocenters. The zero-order valence-electron chi connectivity index (χ0n) is 8.14. The number of rotatable bonds is 1. The first kappa shape index (κ1) is 13.0. The third kappa shape index (κ3) is 2.06. The number of nitrogens with zero attached hydrogens (tertiary/aromatic N) is 1. The number of aryl methyl sites for hydroxylation is 1. The number of hydrogen-bond donors (Lipinski definition) is 1. The third-order valence-corrected chi connectivity index (χ3v) is 2.99. The Hall–Kier alpha value is -1.06. The number of halogens is 4. The van der Waals surface area contributed by atoms with Crippen molar-refractivity contribution in [2.45, 2.75) is 18.8 Å². The Morgan fingerprint density at radius 1 is 1.38 bits per heavy atom. The highest BCUT2D eigenvalue weighted by Gasteiger charge is 2.63. The summed E-state index contributed by atoms with van der Waals surface area (Å²) in [5.41, 5.74) is -3.26. The van der Waals surface area contributed by atoms with Gasteiger partial charge in [0.1, 0.15) is 0 Å². The van der Waals surface area contributed by atoms with Gasteiger partial charge >= 0.3 is 11.9 Å². The zero-order valence-corrected chi connectivity index (χ0v) is 9.72. The standard InChI is InChI=1S/C10H7BrF3NO/c1-6-3-4-7(5-8(6)11)9(16,15-2)10(12,13)14/h3-5,16H,1H3. The maximum atomic E-state index is 12.5. The van der Waals surface area contributed by atoms with Gasteiger partial charge in [-0.15, -0.1) is 0 Å². The number of benzene rings is 1. The van der Waals surface area contributed by atoms with Crippen molar-refractivity contribution in [3.63, 3.8) is 0 Å². The Morgan fingerprint density at radius 2 is 1.94 bits per heavy atom. The van der Waals surface area contributed by atoms with Gasteiger partial charge in [-0.25, -0.2) is 6.57 Å². The predicted octanol–water partition coefficient (Wildman–Crippen LogP) is 3.38. The van der Waals surface area contributed by atoms with E-state index in [1.807, 2.05) is 0 Å². The van der Waals surface area contributed by atoms with Crippen molar-refractivity contribution in [1.82, 2.24) is 0 Å². The number of aliphatic hydroxyl groups is 1. The zero-order chi connectivity index (χ0) is 12.6. The molecule has 0 fully saturated rings. The molecule has 0 radical (unpaired) electrons. The lowest BCUT2D eigenvalue weighted by molar-refractivity contribution is -0.246. The van der Waals surface area contributed by atoms with E-state index in [1.54, 1.807) is 6.92 Å². The van der Waals surface area contributed by atoms with Crippen LogP contribution in [-0.2, 0) is 5.72 Å². The Labute approximate surface area is 98.7 Å². The summed E-state index contributed by atoms with van der Waals surface area (Å²) in [6.07, 6.45) is -5.02. The maximum Gasteiger partial charge on any atom is 0.503 e. The molecule has 0 aromatic heterocycles. The van der Waals surface area contributed by atoms with Crippen molar-refractivity contribution in [2.24, 2.45) is 0 Å². The Morgan fingerprint density at radius 3 is 2.31 bits per heavy atom. The van der Waals surface area contributed by atoms with Crippen molar-refractivity contribution in [1.29, 1.82) is 0 Å². The highest BCUT2D eigenvalue weighted by molar-refractivity contribution is 9.10. The quantitative estimate of drug-likeness (QED) is 0.789. The minimum absolute atomic E-state index is 0.413. The van der Waals surface area contributed by atoms with E-state index >= 15 is 0 Å². The average molecular weight is 294 g/mol. The molecule has 0 aliphatic rings. The van der Waals surface area contributed by atoms with Crippen LogP contribution in [0.5, 0.6) is 0 Å². The maximum absolute atomic E-state index is 12.5. The van der Waals surface area contributed by atoms with Gasteiger partial charge in [-0.05, 0) is 24.6 Å². The van der Waals surface area contributed by atoms with Gasteiger partial charge in [0.2, 0.25) is 0 Å². The van der Waals surface area contributed by atoms with E-state index in [4.69, 9.17) is 6.57 Å². The first-order valence-corrected chi connectivity index (χ1v) is 4.96. The fourth-order valence-electron chi connectivity index (χ4n) is 1.10. The van der Waals surface area contributed by atoms with E-state index in [1.165, 1.54) is 6.07 Å². The van der Waals surface area contributed by atoms with E-state index in [2.05, 4.69) is 20.8 Å². The fourth-order valence-corrected chi connectivity index (χ4v) is 1.48. The van der Waals surface area contributed by atoms with Gasteiger partial charge in [-0.2, -0.15) is 13.2 Å². The summed E-state index contributed by atoms with van der Waals surface area (Å²) in [6, 6.07) is 3.59. The summed E-state index contributed by atoms with van der Waals surface area (Å²) in [5, 5.41) is 9.34. The molecule has 6 heteroatoms. The van der Waals surface area contributed by atoms with Crippen LogP contribution in [0.15, 0.2) is 22.7 Å². The smallest absolute Gasteiger partial charge is 0.313 e. The molecule has 1 aromatic carbocycles. The highest BCUT2D eigenvalue weighted by atomic mass is 79.9. The molecule has 1 N–H and O–H groups in total. The third-order valence-electron chi connectivity index (χ3n) is 2.13. The molecule has 0 amide bonds. The van der Waals surface area contributed by atoms with E-state index in [0.717, 1.165) is 17.7 Å². The number of alkyl halides is 3. The van der Waals surface area contributed by atoms with Crippen LogP contribution in [0.2, 0.25) is 0 Å². The molecule has 2 nitrogen and oxygen atoms in total. The van der Waals surface area contributed by atoms with Gasteiger partial charge in [-0.1, -0.05) is 22.0 Å². The van der Waals surface area contributed by atoms with Crippen LogP contribution < -0.4 is 0 Å². The molecule has 0 saturated carbocycles. The molecule has 86 valence electrons. The predicted molar refractivity (Wildman–Crippen MR) is 55.4 cm³/mol. The van der Waals surface area contributed by atoms with Crippen molar-refractivity contribution in [3.05, 3.63) is 45.2 Å². The largest absolute Gasteiger partial charge is 0.503 e. The minimum Gasteiger partial charge on any atom is -0.313 e. The van der Waals surface area contributed by atoms with Gasteiger partial charge in [0.25, 0.3) is 0 Å². The lowest BCUT2D eigenvalue weighted by Crippen LogP contribution is -2.39. The monoisotopic (exact) mass is 293 g/mol. The van der Waals surface area contributed by atoms with Crippen LogP contribution in [0.1, 0.15) is 11.1 Å². The molecule has 0 heterocycles. The van der Waals surface area contributed by atoms with Crippen molar-refractivity contribution in [2.75, 3.05) is 0 Å². The molecule has 1 aromatic rings. The van der Waals surface area contributed by atoms with Crippen LogP contribution in [0.25, 0.3) is 4.85 Å². The summed E-state index contributed by atoms with van der Waals surface area (Å²) in [6.45, 7) is 8.21. The summed E-state index contributed by atoms with van der Waals surface area (Å²) >= 11 is 3.05. The molecule has 0 aliphatic carbocycles. The molecule has 0 spiro atoms. The van der Waals surface area contributed by atoms with Crippen LogP contribution in [0, 0.1) is 13.5 Å². The van der Waals surface area contributed by atoms with Gasteiger partial charge in [0.15, 0.2) is 0 Å². The summed E-state index contributed by atoms with van der Waals surface area (Å²) < 4.78 is 38.0. The van der Waals surface area contributed by atoms with Gasteiger partial charge in [0.05, 0.1) is 5.56 Å². The second-order valence-electron chi connectivity index (χ2n) is 3.25. The van der Waals surface area contributed by atoms with E-state index in [9.17, 15) is 18.3 Å². The molecular weight excluding hydrogens is 287 g/mol. The van der Waals surface area contributed by atoms with Crippen LogP contribution in [-0.4, -0.2) is 11.3 Å². The molecule has 0 aliphatic heterocycles. The van der Waals surface area contributed by atoms with Gasteiger partial charge < -0.3 is 5.11 Å². The molecular formula is C10H7BrF3NO. The van der Waals surface area contributed by atoms with Crippen LogP contribution in [0.3, 0.4) is 0 Å². The molecule has 1 atom stereocenters. The van der Waals surface area contributed by atoms with Gasteiger partial charge in [0, 0.05) is 4.47 Å². The lowest BCUT2D eigenvalue weighted by atomic mass is 10.0. The Kier molecular flexibility index (Phi) is 3.31. The van der Waals surface area contributed by atoms with Gasteiger partial charge in [-0.3, -0.25) is 4.85 Å². The molecule has 0 bridgehead atoms. The molecule has 16 heavy (non-hydrogen) atoms. The summed E-state index contributed by atoms with van der Waals surface area (Å²) in [4.78, 5) is 2.29.